The highest BCUT2D eigenvalue weighted by Crippen LogP contribution is 2.39. The average Bonchev–Trinajstić information content (AvgIpc) is 3.05. The number of fused-ring (bicyclic) bond motifs is 1. The molecule has 11 heteroatoms. The number of hydrogen-bond acceptors (Lipinski definition) is 3. The summed E-state index contributed by atoms with van der Waals surface area (Å²) in [6.45, 7) is 1.44. The van der Waals surface area contributed by atoms with E-state index in [4.69, 9.17) is 0 Å². The van der Waals surface area contributed by atoms with Crippen LogP contribution in [-0.2, 0) is 25.4 Å². The molecule has 1 aliphatic rings. The predicted octanol–water partition coefficient (Wildman–Crippen LogP) is 3.95. The van der Waals surface area contributed by atoms with Crippen LogP contribution < -0.4 is 4.90 Å². The second-order valence-electron chi connectivity index (χ2n) is 6.20. The van der Waals surface area contributed by atoms with Gasteiger partial charge in [0.25, 0.3) is 0 Å². The van der Waals surface area contributed by atoms with Crippen molar-refractivity contribution in [2.24, 2.45) is 0 Å². The van der Waals surface area contributed by atoms with Gasteiger partial charge in [0, 0.05) is 13.1 Å². The maximum atomic E-state index is 13.1. The van der Waals surface area contributed by atoms with Gasteiger partial charge >= 0.3 is 18.3 Å². The maximum absolute atomic E-state index is 13.1. The third-order valence-electron chi connectivity index (χ3n) is 4.13. The molecule has 27 heavy (non-hydrogen) atoms. The normalized spacial score (nSPS) is 14.6. The minimum absolute atomic E-state index is 0.00361. The minimum Gasteiger partial charge on any atom is -0.477 e. The number of aryl methyl sites for hydroxylation is 1. The highest BCUT2D eigenvalue weighted by Gasteiger charge is 2.44. The molecule has 1 aromatic heterocycles. The summed E-state index contributed by atoms with van der Waals surface area (Å²) in [5, 5.41) is 12.6. The van der Waals surface area contributed by atoms with E-state index in [9.17, 15) is 36.2 Å². The second kappa shape index (κ2) is 6.17. The monoisotopic (exact) mass is 393 g/mol. The van der Waals surface area contributed by atoms with Crippen LogP contribution in [0.5, 0.6) is 0 Å². The first kappa shape index (κ1) is 19.1. The molecule has 0 spiro atoms. The molecule has 3 rings (SSSR count). The fourth-order valence-corrected chi connectivity index (χ4v) is 3.14. The van der Waals surface area contributed by atoms with Crippen molar-refractivity contribution >= 4 is 11.8 Å². The zero-order valence-electron chi connectivity index (χ0n) is 13.8. The standard InChI is InChI=1S/C16H13F6N3O2/c1-8-4-9(6-10(5-8)15(17,18)19)7-24-2-3-25-13(24)11(14(26)27)12(23-25)16(20,21)22/h4-6H,2-3,7H2,1H3,(H,26,27). The Morgan fingerprint density at radius 3 is 2.33 bits per heavy atom. The van der Waals surface area contributed by atoms with Crippen LogP contribution in [0.15, 0.2) is 18.2 Å². The van der Waals surface area contributed by atoms with E-state index in [1.54, 1.807) is 0 Å². The first-order chi connectivity index (χ1) is 12.4. The SMILES string of the molecule is Cc1cc(CN2CCn3nc(C(F)(F)F)c(C(=O)O)c32)cc(C(F)(F)F)c1. The number of carbonyl (C=O) groups is 1. The van der Waals surface area contributed by atoms with Gasteiger partial charge in [-0.1, -0.05) is 11.6 Å². The minimum atomic E-state index is -4.95. The zero-order chi connectivity index (χ0) is 20.1. The second-order valence-corrected chi connectivity index (χ2v) is 6.20. The van der Waals surface area contributed by atoms with Crippen molar-refractivity contribution in [3.05, 3.63) is 46.1 Å². The molecule has 0 fully saturated rings. The van der Waals surface area contributed by atoms with Gasteiger partial charge in [0.1, 0.15) is 11.4 Å². The van der Waals surface area contributed by atoms with Crippen molar-refractivity contribution < 1.29 is 36.2 Å². The molecular weight excluding hydrogens is 380 g/mol. The summed E-state index contributed by atoms with van der Waals surface area (Å²) in [5.74, 6) is -2.06. The van der Waals surface area contributed by atoms with Crippen LogP contribution in [0.4, 0.5) is 32.2 Å². The van der Waals surface area contributed by atoms with E-state index in [1.807, 2.05) is 0 Å². The van der Waals surface area contributed by atoms with Crippen molar-refractivity contribution in [2.45, 2.75) is 32.4 Å². The first-order valence-corrected chi connectivity index (χ1v) is 7.72. The highest BCUT2D eigenvalue weighted by molar-refractivity contribution is 5.95. The number of aromatic carboxylic acids is 1. The van der Waals surface area contributed by atoms with Crippen molar-refractivity contribution in [3.63, 3.8) is 0 Å². The quantitative estimate of drug-likeness (QED) is 0.803. The molecule has 1 N–H and O–H groups in total. The van der Waals surface area contributed by atoms with Crippen LogP contribution in [0.3, 0.4) is 0 Å². The Bertz CT molecular complexity index is 901. The maximum Gasteiger partial charge on any atom is 0.436 e. The lowest BCUT2D eigenvalue weighted by Gasteiger charge is -2.20. The number of rotatable bonds is 3. The smallest absolute Gasteiger partial charge is 0.436 e. The van der Waals surface area contributed by atoms with E-state index in [0.717, 1.165) is 16.8 Å². The number of halogens is 6. The molecule has 0 saturated carbocycles. The molecule has 1 aliphatic heterocycles. The lowest BCUT2D eigenvalue weighted by atomic mass is 10.1. The van der Waals surface area contributed by atoms with Gasteiger partial charge in [-0.05, 0) is 24.6 Å². The average molecular weight is 393 g/mol. The predicted molar refractivity (Wildman–Crippen MR) is 81.4 cm³/mol. The fraction of sp³-hybridized carbons (Fsp3) is 0.375. The van der Waals surface area contributed by atoms with E-state index >= 15 is 0 Å². The van der Waals surface area contributed by atoms with E-state index < -0.39 is 35.1 Å². The summed E-state index contributed by atoms with van der Waals surface area (Å²) in [6, 6.07) is 3.33. The van der Waals surface area contributed by atoms with Gasteiger partial charge < -0.3 is 10.0 Å². The molecule has 0 unspecified atom stereocenters. The summed E-state index contributed by atoms with van der Waals surface area (Å²) >= 11 is 0. The Labute approximate surface area is 148 Å². The molecule has 0 saturated heterocycles. The van der Waals surface area contributed by atoms with E-state index in [2.05, 4.69) is 5.10 Å². The van der Waals surface area contributed by atoms with Crippen LogP contribution >= 0.6 is 0 Å². The molecule has 0 atom stereocenters. The molecule has 5 nitrogen and oxygen atoms in total. The Kier molecular flexibility index (Phi) is 4.35. The summed E-state index contributed by atoms with van der Waals surface area (Å²) in [6.07, 6.45) is -9.52. The molecule has 0 aliphatic carbocycles. The zero-order valence-corrected chi connectivity index (χ0v) is 13.8. The summed E-state index contributed by atoms with van der Waals surface area (Å²) in [4.78, 5) is 12.7. The lowest BCUT2D eigenvalue weighted by molar-refractivity contribution is -0.142. The van der Waals surface area contributed by atoms with Gasteiger partial charge in [0.2, 0.25) is 0 Å². The summed E-state index contributed by atoms with van der Waals surface area (Å²) in [7, 11) is 0. The van der Waals surface area contributed by atoms with E-state index in [1.165, 1.54) is 17.9 Å². The Hall–Kier alpha value is -2.72. The Morgan fingerprint density at radius 1 is 1.11 bits per heavy atom. The third kappa shape index (κ3) is 3.58. The van der Waals surface area contributed by atoms with Crippen LogP contribution in [0.2, 0.25) is 0 Å². The summed E-state index contributed by atoms with van der Waals surface area (Å²) < 4.78 is 79.1. The molecule has 2 heterocycles. The number of anilines is 1. The number of alkyl halides is 6. The number of aromatic nitrogens is 2. The molecule has 0 radical (unpaired) electrons. The van der Waals surface area contributed by atoms with Crippen molar-refractivity contribution in [2.75, 3.05) is 11.4 Å². The fourth-order valence-electron chi connectivity index (χ4n) is 3.14. The summed E-state index contributed by atoms with van der Waals surface area (Å²) in [5.41, 5.74) is -2.85. The van der Waals surface area contributed by atoms with Crippen molar-refractivity contribution in [1.29, 1.82) is 0 Å². The molecule has 2 aromatic rings. The number of benzene rings is 1. The van der Waals surface area contributed by atoms with Crippen LogP contribution in [0.25, 0.3) is 0 Å². The molecular formula is C16H13F6N3O2. The van der Waals surface area contributed by atoms with Crippen molar-refractivity contribution in [3.8, 4) is 0 Å². The van der Waals surface area contributed by atoms with Gasteiger partial charge in [-0.2, -0.15) is 31.4 Å². The van der Waals surface area contributed by atoms with Gasteiger partial charge in [-0.15, -0.1) is 0 Å². The van der Waals surface area contributed by atoms with Gasteiger partial charge in [0.05, 0.1) is 12.1 Å². The van der Waals surface area contributed by atoms with Gasteiger partial charge in [-0.3, -0.25) is 0 Å². The molecule has 1 aromatic carbocycles. The Morgan fingerprint density at radius 2 is 1.78 bits per heavy atom. The molecule has 146 valence electrons. The molecule has 0 amide bonds. The topological polar surface area (TPSA) is 58.4 Å². The number of carboxylic acid groups (broad SMARTS) is 1. The van der Waals surface area contributed by atoms with Crippen LogP contribution in [0, 0.1) is 6.92 Å². The third-order valence-corrected chi connectivity index (χ3v) is 4.13. The van der Waals surface area contributed by atoms with Crippen LogP contribution in [-0.4, -0.2) is 27.4 Å². The highest BCUT2D eigenvalue weighted by atomic mass is 19.4. The Balaban J connectivity index is 2.01. The van der Waals surface area contributed by atoms with Crippen molar-refractivity contribution in [1.82, 2.24) is 9.78 Å². The lowest BCUT2D eigenvalue weighted by Crippen LogP contribution is -2.23. The van der Waals surface area contributed by atoms with Crippen LogP contribution in [0.1, 0.15) is 32.7 Å². The van der Waals surface area contributed by atoms with E-state index in [-0.39, 0.29) is 31.0 Å². The number of nitrogens with zero attached hydrogens (tertiary/aromatic N) is 3. The van der Waals surface area contributed by atoms with Gasteiger partial charge in [-0.25, -0.2) is 9.48 Å². The number of hydrogen-bond donors (Lipinski definition) is 1. The molecule has 0 bridgehead atoms. The number of carboxylic acids is 1. The van der Waals surface area contributed by atoms with Gasteiger partial charge in [0.15, 0.2) is 5.69 Å². The first-order valence-electron chi connectivity index (χ1n) is 7.72. The largest absolute Gasteiger partial charge is 0.477 e. The van der Waals surface area contributed by atoms with E-state index in [0.29, 0.717) is 5.56 Å².